The number of aromatic nitrogens is 2. The molecule has 1 N–H and O–H groups in total. The summed E-state index contributed by atoms with van der Waals surface area (Å²) in [5, 5.41) is 3.26. The van der Waals surface area contributed by atoms with Crippen LogP contribution in [-0.2, 0) is 16.0 Å². The van der Waals surface area contributed by atoms with Crippen LogP contribution in [0.3, 0.4) is 0 Å². The van der Waals surface area contributed by atoms with E-state index in [0.717, 1.165) is 25.3 Å². The largest absolute Gasteiger partial charge is 0.350 e. The molecule has 0 aromatic carbocycles. The third kappa shape index (κ3) is 3.30. The molecule has 0 aliphatic rings. The van der Waals surface area contributed by atoms with E-state index in [-0.39, 0.29) is 6.29 Å². The van der Waals surface area contributed by atoms with Gasteiger partial charge >= 0.3 is 0 Å². The smallest absolute Gasteiger partial charge is 0.200 e. The van der Waals surface area contributed by atoms with E-state index < -0.39 is 0 Å². The standard InChI is InChI=1S/C10H19N3O2/c1-4-11-5-6-13-8-12-7-9(13)10(14-2)15-3/h7-8,10-11H,4-6H2,1-3H3. The van der Waals surface area contributed by atoms with Crippen LogP contribution in [0.15, 0.2) is 12.5 Å². The quantitative estimate of drug-likeness (QED) is 0.537. The highest BCUT2D eigenvalue weighted by Gasteiger charge is 2.13. The zero-order valence-corrected chi connectivity index (χ0v) is 9.56. The van der Waals surface area contributed by atoms with Crippen LogP contribution in [-0.4, -0.2) is 36.9 Å². The average molecular weight is 213 g/mol. The first-order valence-corrected chi connectivity index (χ1v) is 5.09. The Kier molecular flexibility index (Phi) is 5.31. The van der Waals surface area contributed by atoms with Crippen molar-refractivity contribution in [2.45, 2.75) is 19.8 Å². The molecule has 5 nitrogen and oxygen atoms in total. The third-order valence-electron chi connectivity index (χ3n) is 2.19. The molecule has 5 heteroatoms. The molecule has 0 radical (unpaired) electrons. The molecule has 0 bridgehead atoms. The molecule has 0 aliphatic carbocycles. The van der Waals surface area contributed by atoms with E-state index in [0.29, 0.717) is 0 Å². The maximum Gasteiger partial charge on any atom is 0.200 e. The van der Waals surface area contributed by atoms with Crippen molar-refractivity contribution in [3.05, 3.63) is 18.2 Å². The number of hydrogen-bond donors (Lipinski definition) is 1. The Morgan fingerprint density at radius 2 is 2.20 bits per heavy atom. The molecule has 1 aromatic heterocycles. The molecular formula is C10H19N3O2. The van der Waals surface area contributed by atoms with Crippen molar-refractivity contribution in [3.8, 4) is 0 Å². The van der Waals surface area contributed by atoms with Gasteiger partial charge in [-0.1, -0.05) is 6.92 Å². The van der Waals surface area contributed by atoms with Crippen LogP contribution in [0.4, 0.5) is 0 Å². The van der Waals surface area contributed by atoms with Crippen molar-refractivity contribution in [2.75, 3.05) is 27.3 Å². The number of methoxy groups -OCH3 is 2. The second-order valence-electron chi connectivity index (χ2n) is 3.17. The highest BCUT2D eigenvalue weighted by atomic mass is 16.7. The van der Waals surface area contributed by atoms with Crippen LogP contribution in [0.1, 0.15) is 18.9 Å². The fraction of sp³-hybridized carbons (Fsp3) is 0.700. The lowest BCUT2D eigenvalue weighted by Gasteiger charge is -2.15. The van der Waals surface area contributed by atoms with E-state index >= 15 is 0 Å². The number of hydrogen-bond acceptors (Lipinski definition) is 4. The van der Waals surface area contributed by atoms with E-state index in [2.05, 4.69) is 17.2 Å². The first kappa shape index (κ1) is 12.2. The summed E-state index contributed by atoms with van der Waals surface area (Å²) in [6, 6.07) is 0. The van der Waals surface area contributed by atoms with Crippen molar-refractivity contribution in [1.82, 2.24) is 14.9 Å². The lowest BCUT2D eigenvalue weighted by molar-refractivity contribution is -0.110. The van der Waals surface area contributed by atoms with Gasteiger partial charge in [0.15, 0.2) is 6.29 Å². The molecule has 0 spiro atoms. The Morgan fingerprint density at radius 3 is 2.80 bits per heavy atom. The SMILES string of the molecule is CCNCCn1cncc1C(OC)OC. The molecule has 0 saturated heterocycles. The van der Waals surface area contributed by atoms with Crippen LogP contribution < -0.4 is 5.32 Å². The Morgan fingerprint density at radius 1 is 1.47 bits per heavy atom. The lowest BCUT2D eigenvalue weighted by atomic mass is 10.4. The molecule has 0 atom stereocenters. The monoisotopic (exact) mass is 213 g/mol. The maximum atomic E-state index is 5.19. The molecule has 0 aliphatic heterocycles. The van der Waals surface area contributed by atoms with Crippen LogP contribution in [0.5, 0.6) is 0 Å². The first-order chi connectivity index (χ1) is 7.33. The average Bonchev–Trinajstić information content (AvgIpc) is 2.69. The van der Waals surface area contributed by atoms with Gasteiger partial charge in [0.1, 0.15) is 0 Å². The van der Waals surface area contributed by atoms with Crippen LogP contribution in [0, 0.1) is 0 Å². The van der Waals surface area contributed by atoms with Gasteiger partial charge in [0.05, 0.1) is 18.2 Å². The van der Waals surface area contributed by atoms with Crippen molar-refractivity contribution in [3.63, 3.8) is 0 Å². The molecule has 0 unspecified atom stereocenters. The minimum Gasteiger partial charge on any atom is -0.350 e. The minimum absolute atomic E-state index is 0.339. The number of nitrogens with one attached hydrogen (secondary N) is 1. The normalized spacial score (nSPS) is 11.2. The van der Waals surface area contributed by atoms with Gasteiger partial charge in [0, 0.05) is 27.3 Å². The summed E-state index contributed by atoms with van der Waals surface area (Å²) in [5.41, 5.74) is 0.943. The number of rotatable bonds is 7. The van der Waals surface area contributed by atoms with Crippen LogP contribution in [0.25, 0.3) is 0 Å². The van der Waals surface area contributed by atoms with Crippen molar-refractivity contribution in [2.24, 2.45) is 0 Å². The highest BCUT2D eigenvalue weighted by molar-refractivity contribution is 5.00. The van der Waals surface area contributed by atoms with Crippen molar-refractivity contribution < 1.29 is 9.47 Å². The summed E-state index contributed by atoms with van der Waals surface area (Å²) in [4.78, 5) is 4.09. The molecule has 0 fully saturated rings. The molecule has 1 heterocycles. The number of nitrogens with zero attached hydrogens (tertiary/aromatic N) is 2. The summed E-state index contributed by atoms with van der Waals surface area (Å²) in [5.74, 6) is 0. The van der Waals surface area contributed by atoms with E-state index in [1.807, 2.05) is 4.57 Å². The predicted molar refractivity (Wildman–Crippen MR) is 57.5 cm³/mol. The fourth-order valence-corrected chi connectivity index (χ4v) is 1.43. The van der Waals surface area contributed by atoms with E-state index in [1.165, 1.54) is 0 Å². The molecule has 0 amide bonds. The van der Waals surface area contributed by atoms with Gasteiger partial charge in [-0.15, -0.1) is 0 Å². The van der Waals surface area contributed by atoms with Gasteiger partial charge < -0.3 is 19.4 Å². The predicted octanol–water partition coefficient (Wildman–Crippen LogP) is 0.784. The van der Waals surface area contributed by atoms with Gasteiger partial charge in [-0.25, -0.2) is 4.98 Å². The van der Waals surface area contributed by atoms with Gasteiger partial charge in [0.2, 0.25) is 0 Å². The van der Waals surface area contributed by atoms with E-state index in [9.17, 15) is 0 Å². The van der Waals surface area contributed by atoms with Gasteiger partial charge in [-0.05, 0) is 6.54 Å². The fourth-order valence-electron chi connectivity index (χ4n) is 1.43. The summed E-state index contributed by atoms with van der Waals surface area (Å²) >= 11 is 0. The van der Waals surface area contributed by atoms with E-state index in [4.69, 9.17) is 9.47 Å². The summed E-state index contributed by atoms with van der Waals surface area (Å²) in [7, 11) is 3.24. The third-order valence-corrected chi connectivity index (χ3v) is 2.19. The van der Waals surface area contributed by atoms with Crippen LogP contribution >= 0.6 is 0 Å². The lowest BCUT2D eigenvalue weighted by Crippen LogP contribution is -2.21. The second-order valence-corrected chi connectivity index (χ2v) is 3.17. The number of ether oxygens (including phenoxy) is 2. The molecule has 0 saturated carbocycles. The molecule has 1 rings (SSSR count). The topological polar surface area (TPSA) is 48.3 Å². The Bertz CT molecular complexity index is 271. The Labute approximate surface area is 90.4 Å². The van der Waals surface area contributed by atoms with Gasteiger partial charge in [0.25, 0.3) is 0 Å². The minimum atomic E-state index is -0.339. The Balaban J connectivity index is 2.59. The summed E-state index contributed by atoms with van der Waals surface area (Å²) in [6.45, 7) is 4.84. The molecule has 15 heavy (non-hydrogen) atoms. The van der Waals surface area contributed by atoms with Gasteiger partial charge in [-0.2, -0.15) is 0 Å². The zero-order valence-electron chi connectivity index (χ0n) is 9.56. The molecule has 86 valence electrons. The highest BCUT2D eigenvalue weighted by Crippen LogP contribution is 2.16. The maximum absolute atomic E-state index is 5.19. The van der Waals surface area contributed by atoms with Crippen molar-refractivity contribution in [1.29, 1.82) is 0 Å². The number of likely N-dealkylation sites (N-methyl/N-ethyl adjacent to an activating group) is 1. The Hall–Kier alpha value is -0.910. The second kappa shape index (κ2) is 6.55. The molecular weight excluding hydrogens is 194 g/mol. The van der Waals surface area contributed by atoms with Crippen LogP contribution in [0.2, 0.25) is 0 Å². The zero-order chi connectivity index (χ0) is 11.1. The molecule has 1 aromatic rings. The van der Waals surface area contributed by atoms with Gasteiger partial charge in [-0.3, -0.25) is 0 Å². The first-order valence-electron chi connectivity index (χ1n) is 5.09. The summed E-state index contributed by atoms with van der Waals surface area (Å²) < 4.78 is 12.4. The van der Waals surface area contributed by atoms with Crippen molar-refractivity contribution >= 4 is 0 Å². The van der Waals surface area contributed by atoms with E-state index in [1.54, 1.807) is 26.7 Å². The summed E-state index contributed by atoms with van der Waals surface area (Å²) in [6.07, 6.45) is 3.22. The number of imidazole rings is 1.